The van der Waals surface area contributed by atoms with E-state index in [9.17, 15) is 15.8 Å². The van der Waals surface area contributed by atoms with E-state index in [-0.39, 0.29) is 17.2 Å². The van der Waals surface area contributed by atoms with Crippen molar-refractivity contribution in [3.63, 3.8) is 0 Å². The van der Waals surface area contributed by atoms with Gasteiger partial charge in [-0.3, -0.25) is 4.98 Å². The molecule has 6 heteroatoms. The van der Waals surface area contributed by atoms with Crippen molar-refractivity contribution in [2.75, 3.05) is 20.1 Å². The van der Waals surface area contributed by atoms with Crippen LogP contribution in [0.5, 0.6) is 0 Å². The second-order valence-corrected chi connectivity index (χ2v) is 6.18. The maximum atomic E-state index is 9.86. The van der Waals surface area contributed by atoms with Crippen molar-refractivity contribution in [1.29, 1.82) is 15.8 Å². The van der Waals surface area contributed by atoms with E-state index in [1.54, 1.807) is 18.5 Å². The Morgan fingerprint density at radius 2 is 2.08 bits per heavy atom. The molecule has 0 saturated heterocycles. The van der Waals surface area contributed by atoms with Crippen LogP contribution in [0.1, 0.15) is 11.5 Å². The lowest BCUT2D eigenvalue weighted by atomic mass is 9.58. The summed E-state index contributed by atoms with van der Waals surface area (Å²) in [6.07, 6.45) is 5.29. The van der Waals surface area contributed by atoms with Crippen LogP contribution in [0, 0.1) is 45.3 Å². The molecule has 2 N–H and O–H groups in total. The molecule has 1 aromatic rings. The van der Waals surface area contributed by atoms with E-state index in [1.165, 1.54) is 0 Å². The highest BCUT2D eigenvalue weighted by Crippen LogP contribution is 2.53. The Labute approximate surface area is 140 Å². The zero-order chi connectivity index (χ0) is 17.3. The lowest BCUT2D eigenvalue weighted by molar-refractivity contribution is 0.237. The van der Waals surface area contributed by atoms with Gasteiger partial charge >= 0.3 is 0 Å². The number of hydrogen-bond donors (Lipinski definition) is 1. The highest BCUT2D eigenvalue weighted by atomic mass is 15.1. The van der Waals surface area contributed by atoms with Crippen LogP contribution in [-0.2, 0) is 0 Å². The molecule has 0 spiro atoms. The first-order chi connectivity index (χ1) is 11.6. The van der Waals surface area contributed by atoms with E-state index >= 15 is 0 Å². The summed E-state index contributed by atoms with van der Waals surface area (Å²) < 4.78 is 0. The molecule has 2 heterocycles. The van der Waals surface area contributed by atoms with E-state index in [0.717, 1.165) is 11.1 Å². The van der Waals surface area contributed by atoms with Crippen LogP contribution in [0.15, 0.2) is 47.4 Å². The smallest absolute Gasteiger partial charge is 0.191 e. The second kappa shape index (κ2) is 5.81. The quantitative estimate of drug-likeness (QED) is 0.838. The molecule has 3 rings (SSSR count). The molecule has 1 aliphatic heterocycles. The lowest BCUT2D eigenvalue weighted by Gasteiger charge is -2.44. The zero-order valence-electron chi connectivity index (χ0n) is 13.3. The van der Waals surface area contributed by atoms with Crippen LogP contribution >= 0.6 is 0 Å². The van der Waals surface area contributed by atoms with Gasteiger partial charge in [0, 0.05) is 37.3 Å². The molecule has 2 atom stereocenters. The molecular formula is C18H16N6. The maximum absolute atomic E-state index is 9.86. The average Bonchev–Trinajstić information content (AvgIpc) is 2.62. The lowest BCUT2D eigenvalue weighted by Crippen LogP contribution is -2.47. The molecule has 24 heavy (non-hydrogen) atoms. The number of fused-ring (bicyclic) bond motifs is 1. The Morgan fingerprint density at radius 1 is 1.33 bits per heavy atom. The van der Waals surface area contributed by atoms with Gasteiger partial charge in [0.2, 0.25) is 0 Å². The first-order valence-corrected chi connectivity index (χ1v) is 7.60. The number of allylic oxidation sites excluding steroid dienone is 2. The van der Waals surface area contributed by atoms with Gasteiger partial charge in [-0.05, 0) is 24.3 Å². The normalized spacial score (nSPS) is 25.7. The largest absolute Gasteiger partial charge is 0.399 e. The monoisotopic (exact) mass is 316 g/mol. The summed E-state index contributed by atoms with van der Waals surface area (Å²) in [4.78, 5) is 6.25. The van der Waals surface area contributed by atoms with Crippen molar-refractivity contribution in [2.45, 2.75) is 5.92 Å². The third kappa shape index (κ3) is 2.07. The van der Waals surface area contributed by atoms with Gasteiger partial charge in [0.1, 0.15) is 6.07 Å². The SMILES string of the molecule is CN1CC=C2C(C#N)=C(N)C(C#N)(C#N)C(c3cccnc3)[C@H]2C1. The van der Waals surface area contributed by atoms with Crippen LogP contribution < -0.4 is 5.73 Å². The van der Waals surface area contributed by atoms with Crippen molar-refractivity contribution in [2.24, 2.45) is 17.1 Å². The summed E-state index contributed by atoms with van der Waals surface area (Å²) in [5.41, 5.74) is 6.57. The molecule has 0 bridgehead atoms. The molecule has 1 aliphatic carbocycles. The summed E-state index contributed by atoms with van der Waals surface area (Å²) >= 11 is 0. The maximum Gasteiger partial charge on any atom is 0.191 e. The first-order valence-electron chi connectivity index (χ1n) is 7.60. The molecule has 6 nitrogen and oxygen atoms in total. The van der Waals surface area contributed by atoms with Crippen LogP contribution in [0.2, 0.25) is 0 Å². The predicted molar refractivity (Wildman–Crippen MR) is 86.5 cm³/mol. The van der Waals surface area contributed by atoms with Gasteiger partial charge in [-0.2, -0.15) is 15.8 Å². The number of aromatic nitrogens is 1. The van der Waals surface area contributed by atoms with E-state index in [2.05, 4.69) is 28.1 Å². The highest BCUT2D eigenvalue weighted by molar-refractivity contribution is 5.59. The first kappa shape index (κ1) is 15.7. The van der Waals surface area contributed by atoms with Crippen LogP contribution in [0.3, 0.4) is 0 Å². The summed E-state index contributed by atoms with van der Waals surface area (Å²) in [5, 5.41) is 29.3. The highest BCUT2D eigenvalue weighted by Gasteiger charge is 2.54. The van der Waals surface area contributed by atoms with Crippen molar-refractivity contribution in [3.05, 3.63) is 53.0 Å². The Morgan fingerprint density at radius 3 is 2.67 bits per heavy atom. The summed E-state index contributed by atoms with van der Waals surface area (Å²) in [6, 6.07) is 9.97. The molecule has 0 aromatic carbocycles. The fourth-order valence-corrected chi connectivity index (χ4v) is 3.76. The molecule has 1 aromatic heterocycles. The molecule has 1 unspecified atom stereocenters. The van der Waals surface area contributed by atoms with Gasteiger partial charge < -0.3 is 10.6 Å². The van der Waals surface area contributed by atoms with Crippen LogP contribution in [0.25, 0.3) is 0 Å². The van der Waals surface area contributed by atoms with Crippen LogP contribution in [0.4, 0.5) is 0 Å². The Hall–Kier alpha value is -3.14. The third-order valence-corrected chi connectivity index (χ3v) is 4.89. The predicted octanol–water partition coefficient (Wildman–Crippen LogP) is 1.44. The number of nitriles is 3. The van der Waals surface area contributed by atoms with Crippen molar-refractivity contribution in [3.8, 4) is 18.2 Å². The fraction of sp³-hybridized carbons (Fsp3) is 0.333. The average molecular weight is 316 g/mol. The van der Waals surface area contributed by atoms with E-state index in [4.69, 9.17) is 5.73 Å². The molecule has 0 amide bonds. The minimum atomic E-state index is -1.58. The van der Waals surface area contributed by atoms with E-state index in [1.807, 2.05) is 19.2 Å². The molecular weight excluding hydrogens is 300 g/mol. The number of likely N-dealkylation sites (N-methyl/N-ethyl adjacent to an activating group) is 1. The van der Waals surface area contributed by atoms with Crippen molar-refractivity contribution in [1.82, 2.24) is 9.88 Å². The second-order valence-electron chi connectivity index (χ2n) is 6.18. The molecule has 0 fully saturated rings. The van der Waals surface area contributed by atoms with E-state index < -0.39 is 11.3 Å². The number of nitrogens with two attached hydrogens (primary N) is 1. The number of pyridine rings is 1. The standard InChI is InChI=1S/C18H16N6/c1-24-6-4-13-14(7-19)17(22)18(10-20,11-21)16(15(13)9-24)12-3-2-5-23-8-12/h2-5,8,15-16H,6,9,22H2,1H3/t15-,16?/m0/s1. The minimum absolute atomic E-state index is 0.0518. The zero-order valence-corrected chi connectivity index (χ0v) is 13.3. The summed E-state index contributed by atoms with van der Waals surface area (Å²) in [6.45, 7) is 1.35. The number of hydrogen-bond acceptors (Lipinski definition) is 6. The summed E-state index contributed by atoms with van der Waals surface area (Å²) in [7, 11) is 1.97. The minimum Gasteiger partial charge on any atom is -0.399 e. The molecule has 0 saturated carbocycles. The molecule has 2 aliphatic rings. The van der Waals surface area contributed by atoms with Gasteiger partial charge in [-0.15, -0.1) is 0 Å². The van der Waals surface area contributed by atoms with Crippen LogP contribution in [-0.4, -0.2) is 30.0 Å². The number of nitrogens with zero attached hydrogens (tertiary/aromatic N) is 5. The topological polar surface area (TPSA) is 114 Å². The summed E-state index contributed by atoms with van der Waals surface area (Å²) in [5.74, 6) is -0.624. The Bertz CT molecular complexity index is 832. The Kier molecular flexibility index (Phi) is 3.81. The Balaban J connectivity index is 2.33. The number of rotatable bonds is 1. The van der Waals surface area contributed by atoms with Gasteiger partial charge in [0.15, 0.2) is 5.41 Å². The van der Waals surface area contributed by atoms with Crippen molar-refractivity contribution >= 4 is 0 Å². The van der Waals surface area contributed by atoms with E-state index in [0.29, 0.717) is 13.1 Å². The van der Waals surface area contributed by atoms with Crippen molar-refractivity contribution < 1.29 is 0 Å². The molecule has 118 valence electrons. The van der Waals surface area contributed by atoms with Gasteiger partial charge in [0.25, 0.3) is 0 Å². The molecule has 0 radical (unpaired) electrons. The fourth-order valence-electron chi connectivity index (χ4n) is 3.76. The van der Waals surface area contributed by atoms with Gasteiger partial charge in [-0.25, -0.2) is 0 Å². The third-order valence-electron chi connectivity index (χ3n) is 4.89. The van der Waals surface area contributed by atoms with Gasteiger partial charge in [0.05, 0.1) is 23.4 Å². The van der Waals surface area contributed by atoms with Gasteiger partial charge in [-0.1, -0.05) is 12.1 Å².